The number of ether oxygens (including phenoxy) is 4. The zero-order chi connectivity index (χ0) is 28.9. The van der Waals surface area contributed by atoms with Crippen molar-refractivity contribution in [2.75, 3.05) is 59.2 Å². The molecule has 2 fully saturated rings. The van der Waals surface area contributed by atoms with Crippen molar-refractivity contribution in [2.24, 2.45) is 17.3 Å². The molecule has 0 N–H and O–H groups in total. The van der Waals surface area contributed by atoms with Gasteiger partial charge >= 0.3 is 11.9 Å². The summed E-state index contributed by atoms with van der Waals surface area (Å²) in [6.45, 7) is 20.0. The molecule has 39 heavy (non-hydrogen) atoms. The summed E-state index contributed by atoms with van der Waals surface area (Å²) >= 11 is 0. The number of rotatable bonds is 16. The molecule has 0 amide bonds. The number of likely N-dealkylation sites (tertiary alicyclic amines) is 2. The Bertz CT molecular complexity index is 704. The van der Waals surface area contributed by atoms with Gasteiger partial charge in [-0.1, -0.05) is 19.3 Å². The minimum atomic E-state index is -0.851. The van der Waals surface area contributed by atoms with Crippen molar-refractivity contribution in [1.82, 2.24) is 9.80 Å². The minimum Gasteiger partial charge on any atom is -0.463 e. The van der Waals surface area contributed by atoms with Gasteiger partial charge in [0.25, 0.3) is 0 Å². The molecule has 2 aliphatic heterocycles. The highest BCUT2D eigenvalue weighted by molar-refractivity contribution is 5.75. The molecule has 0 atom stereocenters. The van der Waals surface area contributed by atoms with Gasteiger partial charge in [-0.25, -0.2) is 0 Å². The van der Waals surface area contributed by atoms with Crippen molar-refractivity contribution < 1.29 is 28.5 Å². The Morgan fingerprint density at radius 1 is 0.769 bits per heavy atom. The van der Waals surface area contributed by atoms with E-state index in [2.05, 4.69) is 23.6 Å². The number of carbonyl (C=O) groups excluding carboxylic acids is 2. The van der Waals surface area contributed by atoms with Crippen LogP contribution in [0.2, 0.25) is 0 Å². The first-order chi connectivity index (χ1) is 18.4. The fourth-order valence-corrected chi connectivity index (χ4v) is 5.40. The molecule has 2 heterocycles. The van der Waals surface area contributed by atoms with Gasteiger partial charge in [-0.2, -0.15) is 0 Å². The van der Waals surface area contributed by atoms with E-state index in [0.717, 1.165) is 31.5 Å². The minimum absolute atomic E-state index is 0.174. The summed E-state index contributed by atoms with van der Waals surface area (Å²) in [4.78, 5) is 29.0. The van der Waals surface area contributed by atoms with Crippen LogP contribution < -0.4 is 0 Å². The van der Waals surface area contributed by atoms with E-state index in [4.69, 9.17) is 18.9 Å². The SMILES string of the molecule is CC(C)N1CCC(CCCC2CCN(CCC(=O)OCCOC(C)(C)OCCOC(=O)C(C)(C)C)CC2)CC1. The molecule has 0 aromatic rings. The van der Waals surface area contributed by atoms with Crippen LogP contribution in [0.3, 0.4) is 0 Å². The zero-order valence-corrected chi connectivity index (χ0v) is 26.1. The van der Waals surface area contributed by atoms with Gasteiger partial charge in [0.05, 0.1) is 25.0 Å². The average Bonchev–Trinajstić information content (AvgIpc) is 2.88. The lowest BCUT2D eigenvalue weighted by Crippen LogP contribution is -2.38. The molecule has 2 saturated heterocycles. The Morgan fingerprint density at radius 2 is 1.28 bits per heavy atom. The van der Waals surface area contributed by atoms with Crippen LogP contribution in [-0.2, 0) is 28.5 Å². The van der Waals surface area contributed by atoms with Crippen molar-refractivity contribution in [3.63, 3.8) is 0 Å². The standard InChI is InChI=1S/C31H58N2O6/c1-25(2)33-19-13-27(14-20-33)10-8-9-26-11-16-32(17-12-26)18-15-28(34)36-21-23-38-31(6,7)39-24-22-37-29(35)30(3,4)5/h25-27H,8-24H2,1-7H3. The summed E-state index contributed by atoms with van der Waals surface area (Å²) in [5.74, 6) is 0.481. The first-order valence-corrected chi connectivity index (χ1v) is 15.4. The summed E-state index contributed by atoms with van der Waals surface area (Å²) in [5.41, 5.74) is -0.531. The highest BCUT2D eigenvalue weighted by atomic mass is 16.7. The number of piperidine rings is 2. The fourth-order valence-electron chi connectivity index (χ4n) is 5.40. The Balaban J connectivity index is 1.45. The van der Waals surface area contributed by atoms with Crippen LogP contribution in [0.25, 0.3) is 0 Å². The van der Waals surface area contributed by atoms with Gasteiger partial charge in [-0.3, -0.25) is 9.59 Å². The smallest absolute Gasteiger partial charge is 0.311 e. The van der Waals surface area contributed by atoms with Crippen LogP contribution >= 0.6 is 0 Å². The van der Waals surface area contributed by atoms with Gasteiger partial charge in [0.15, 0.2) is 5.79 Å². The Morgan fingerprint density at radius 3 is 1.79 bits per heavy atom. The highest BCUT2D eigenvalue weighted by Gasteiger charge is 2.25. The maximum atomic E-state index is 12.2. The third-order valence-corrected chi connectivity index (χ3v) is 8.12. The predicted octanol–water partition coefficient (Wildman–Crippen LogP) is 5.28. The second kappa shape index (κ2) is 16.9. The van der Waals surface area contributed by atoms with Gasteiger partial charge in [-0.15, -0.1) is 0 Å². The maximum absolute atomic E-state index is 12.2. The van der Waals surface area contributed by atoms with Crippen LogP contribution in [0.15, 0.2) is 0 Å². The summed E-state index contributed by atoms with van der Waals surface area (Å²) in [7, 11) is 0. The van der Waals surface area contributed by atoms with E-state index in [0.29, 0.717) is 12.5 Å². The summed E-state index contributed by atoms with van der Waals surface area (Å²) < 4.78 is 21.9. The molecular formula is C31H58N2O6. The van der Waals surface area contributed by atoms with Gasteiger partial charge in [-0.05, 0) is 112 Å². The van der Waals surface area contributed by atoms with Gasteiger partial charge in [0.2, 0.25) is 0 Å². The van der Waals surface area contributed by atoms with Gasteiger partial charge < -0.3 is 28.7 Å². The van der Waals surface area contributed by atoms with Crippen molar-refractivity contribution in [3.05, 3.63) is 0 Å². The largest absolute Gasteiger partial charge is 0.463 e. The molecule has 0 radical (unpaired) electrons. The van der Waals surface area contributed by atoms with E-state index in [9.17, 15) is 9.59 Å². The number of hydrogen-bond donors (Lipinski definition) is 0. The topological polar surface area (TPSA) is 77.5 Å². The molecule has 228 valence electrons. The van der Waals surface area contributed by atoms with Crippen molar-refractivity contribution in [2.45, 2.75) is 112 Å². The third kappa shape index (κ3) is 14.3. The molecule has 0 unspecified atom stereocenters. The molecular weight excluding hydrogens is 496 g/mol. The quantitative estimate of drug-likeness (QED) is 0.145. The number of nitrogens with zero attached hydrogens (tertiary/aromatic N) is 2. The Hall–Kier alpha value is -1.22. The first kappa shape index (κ1) is 34.0. The maximum Gasteiger partial charge on any atom is 0.311 e. The van der Waals surface area contributed by atoms with Crippen LogP contribution in [0, 0.1) is 17.3 Å². The number of hydrogen-bond acceptors (Lipinski definition) is 8. The highest BCUT2D eigenvalue weighted by Crippen LogP contribution is 2.28. The summed E-state index contributed by atoms with van der Waals surface area (Å²) in [5, 5.41) is 0. The fraction of sp³-hybridized carbons (Fsp3) is 0.935. The average molecular weight is 555 g/mol. The summed E-state index contributed by atoms with van der Waals surface area (Å²) in [6.07, 6.45) is 9.80. The molecule has 0 aromatic carbocycles. The van der Waals surface area contributed by atoms with Crippen LogP contribution in [0.1, 0.15) is 99.8 Å². The number of esters is 2. The first-order valence-electron chi connectivity index (χ1n) is 15.4. The van der Waals surface area contributed by atoms with E-state index in [1.165, 1.54) is 58.0 Å². The van der Waals surface area contributed by atoms with Gasteiger partial charge in [0.1, 0.15) is 13.2 Å². The lowest BCUT2D eigenvalue weighted by molar-refractivity contribution is -0.224. The van der Waals surface area contributed by atoms with Gasteiger partial charge in [0, 0.05) is 12.6 Å². The molecule has 0 aromatic heterocycles. The van der Waals surface area contributed by atoms with Crippen molar-refractivity contribution >= 4 is 11.9 Å². The lowest BCUT2D eigenvalue weighted by atomic mass is 9.86. The van der Waals surface area contributed by atoms with E-state index in [-0.39, 0.29) is 38.4 Å². The van der Waals surface area contributed by atoms with Crippen LogP contribution in [0.4, 0.5) is 0 Å². The van der Waals surface area contributed by atoms with Crippen molar-refractivity contribution in [3.8, 4) is 0 Å². The third-order valence-electron chi connectivity index (χ3n) is 8.12. The Labute approximate surface area is 238 Å². The molecule has 8 heteroatoms. The van der Waals surface area contributed by atoms with E-state index >= 15 is 0 Å². The molecule has 8 nitrogen and oxygen atoms in total. The molecule has 0 spiro atoms. The molecule has 2 rings (SSSR count). The van der Waals surface area contributed by atoms with Crippen molar-refractivity contribution in [1.29, 1.82) is 0 Å². The Kier molecular flexibility index (Phi) is 14.7. The summed E-state index contributed by atoms with van der Waals surface area (Å²) in [6, 6.07) is 0.689. The normalized spacial score (nSPS) is 19.0. The molecule has 0 saturated carbocycles. The van der Waals surface area contributed by atoms with Crippen LogP contribution in [0.5, 0.6) is 0 Å². The molecule has 2 aliphatic rings. The second-order valence-corrected chi connectivity index (χ2v) is 13.2. The van der Waals surface area contributed by atoms with E-state index < -0.39 is 11.2 Å². The molecule has 0 aliphatic carbocycles. The van der Waals surface area contributed by atoms with E-state index in [1.807, 2.05) is 20.8 Å². The predicted molar refractivity (Wildman–Crippen MR) is 154 cm³/mol. The zero-order valence-electron chi connectivity index (χ0n) is 26.1. The second-order valence-electron chi connectivity index (χ2n) is 13.2. The van der Waals surface area contributed by atoms with Crippen LogP contribution in [-0.4, -0.2) is 92.7 Å². The molecule has 0 bridgehead atoms. The lowest BCUT2D eigenvalue weighted by Gasteiger charge is -2.35. The number of carbonyl (C=O) groups is 2. The monoisotopic (exact) mass is 554 g/mol. The van der Waals surface area contributed by atoms with E-state index in [1.54, 1.807) is 13.8 Å².